The number of halogens is 2. The number of nitrogen functional groups attached to an aromatic ring is 1. The molecular formula is C13H11Cl2N3O. The Morgan fingerprint density at radius 2 is 1.79 bits per heavy atom. The van der Waals surface area contributed by atoms with Crippen LogP contribution in [-0.4, -0.2) is 5.91 Å². The minimum Gasteiger partial charge on any atom is -0.397 e. The molecule has 5 N–H and O–H groups in total. The number of hydrogen-bond acceptors (Lipinski definition) is 3. The van der Waals surface area contributed by atoms with Crippen LogP contribution in [0, 0.1) is 0 Å². The third-order valence-corrected chi connectivity index (χ3v) is 3.28. The molecule has 0 fully saturated rings. The maximum Gasteiger partial charge on any atom is 0.248 e. The van der Waals surface area contributed by atoms with Crippen molar-refractivity contribution >= 4 is 46.2 Å². The molecule has 98 valence electrons. The van der Waals surface area contributed by atoms with E-state index in [0.717, 1.165) is 0 Å². The number of nitrogens with one attached hydrogen (secondary N) is 1. The molecular weight excluding hydrogens is 285 g/mol. The SMILES string of the molecule is NC(=O)c1ccc(N)c(Nc2ccc(Cl)c(Cl)c2)c1. The molecule has 2 aromatic rings. The smallest absolute Gasteiger partial charge is 0.248 e. The molecule has 0 aromatic heterocycles. The van der Waals surface area contributed by atoms with Gasteiger partial charge in [-0.25, -0.2) is 0 Å². The molecule has 2 aromatic carbocycles. The van der Waals surface area contributed by atoms with E-state index in [9.17, 15) is 4.79 Å². The number of carbonyl (C=O) groups excluding carboxylic acids is 1. The van der Waals surface area contributed by atoms with Crippen LogP contribution in [0.1, 0.15) is 10.4 Å². The summed E-state index contributed by atoms with van der Waals surface area (Å²) in [7, 11) is 0. The second-order valence-corrected chi connectivity index (χ2v) is 4.73. The standard InChI is InChI=1S/C13H11Cl2N3O/c14-9-3-2-8(6-10(9)15)18-12-5-7(13(17)19)1-4-11(12)16/h1-6,18H,16H2,(H2,17,19). The van der Waals surface area contributed by atoms with Crippen LogP contribution in [0.3, 0.4) is 0 Å². The minimum absolute atomic E-state index is 0.372. The first-order chi connectivity index (χ1) is 8.97. The molecule has 2 rings (SSSR count). The average molecular weight is 296 g/mol. The number of amides is 1. The third kappa shape index (κ3) is 3.10. The van der Waals surface area contributed by atoms with Crippen LogP contribution in [0.15, 0.2) is 36.4 Å². The second-order valence-electron chi connectivity index (χ2n) is 3.92. The summed E-state index contributed by atoms with van der Waals surface area (Å²) >= 11 is 11.8. The fourth-order valence-electron chi connectivity index (χ4n) is 1.55. The molecule has 0 aliphatic rings. The Morgan fingerprint density at radius 1 is 1.05 bits per heavy atom. The van der Waals surface area contributed by atoms with Crippen molar-refractivity contribution in [3.05, 3.63) is 52.0 Å². The van der Waals surface area contributed by atoms with Crippen LogP contribution in [0.5, 0.6) is 0 Å². The Morgan fingerprint density at radius 3 is 2.42 bits per heavy atom. The van der Waals surface area contributed by atoms with E-state index in [1.54, 1.807) is 36.4 Å². The van der Waals surface area contributed by atoms with E-state index in [4.69, 9.17) is 34.7 Å². The van der Waals surface area contributed by atoms with Gasteiger partial charge < -0.3 is 16.8 Å². The topological polar surface area (TPSA) is 81.1 Å². The maximum absolute atomic E-state index is 11.1. The van der Waals surface area contributed by atoms with Crippen LogP contribution in [0.4, 0.5) is 17.1 Å². The fraction of sp³-hybridized carbons (Fsp3) is 0. The number of carbonyl (C=O) groups is 1. The fourth-order valence-corrected chi connectivity index (χ4v) is 1.85. The van der Waals surface area contributed by atoms with Gasteiger partial charge in [-0.1, -0.05) is 23.2 Å². The highest BCUT2D eigenvalue weighted by atomic mass is 35.5. The molecule has 0 aliphatic heterocycles. The summed E-state index contributed by atoms with van der Waals surface area (Å²) in [6.07, 6.45) is 0. The molecule has 0 spiro atoms. The summed E-state index contributed by atoms with van der Waals surface area (Å²) in [6, 6.07) is 9.85. The summed E-state index contributed by atoms with van der Waals surface area (Å²) in [5.74, 6) is -0.516. The number of nitrogens with two attached hydrogens (primary N) is 2. The van der Waals surface area contributed by atoms with E-state index in [1.807, 2.05) is 0 Å². The first-order valence-corrected chi connectivity index (χ1v) is 6.14. The molecule has 0 saturated heterocycles. The molecule has 0 heterocycles. The molecule has 19 heavy (non-hydrogen) atoms. The third-order valence-electron chi connectivity index (χ3n) is 2.54. The van der Waals surface area contributed by atoms with Gasteiger partial charge in [-0.3, -0.25) is 4.79 Å². The van der Waals surface area contributed by atoms with Gasteiger partial charge in [-0.15, -0.1) is 0 Å². The van der Waals surface area contributed by atoms with E-state index < -0.39 is 5.91 Å². The lowest BCUT2D eigenvalue weighted by Gasteiger charge is -2.11. The van der Waals surface area contributed by atoms with Crippen molar-refractivity contribution in [2.45, 2.75) is 0 Å². The summed E-state index contributed by atoms with van der Waals surface area (Å²) in [6.45, 7) is 0. The molecule has 0 unspecified atom stereocenters. The van der Waals surface area contributed by atoms with Crippen LogP contribution in [0.2, 0.25) is 10.0 Å². The molecule has 6 heteroatoms. The summed E-state index contributed by atoms with van der Waals surface area (Å²) < 4.78 is 0. The highest BCUT2D eigenvalue weighted by Crippen LogP contribution is 2.29. The molecule has 4 nitrogen and oxygen atoms in total. The van der Waals surface area contributed by atoms with Crippen molar-refractivity contribution in [3.8, 4) is 0 Å². The largest absolute Gasteiger partial charge is 0.397 e. The zero-order valence-corrected chi connectivity index (χ0v) is 11.3. The summed E-state index contributed by atoms with van der Waals surface area (Å²) in [5, 5.41) is 3.95. The quantitative estimate of drug-likeness (QED) is 0.759. The van der Waals surface area contributed by atoms with Crippen molar-refractivity contribution in [1.29, 1.82) is 0 Å². The summed E-state index contributed by atoms with van der Waals surface area (Å²) in [4.78, 5) is 11.1. The van der Waals surface area contributed by atoms with Crippen molar-refractivity contribution < 1.29 is 4.79 Å². The zero-order valence-electron chi connectivity index (χ0n) is 9.78. The molecule has 0 aliphatic carbocycles. The van der Waals surface area contributed by atoms with Crippen molar-refractivity contribution in [2.24, 2.45) is 5.73 Å². The van der Waals surface area contributed by atoms with E-state index in [0.29, 0.717) is 32.7 Å². The van der Waals surface area contributed by atoms with E-state index in [-0.39, 0.29) is 0 Å². The van der Waals surface area contributed by atoms with Gasteiger partial charge in [-0.05, 0) is 36.4 Å². The first-order valence-electron chi connectivity index (χ1n) is 5.39. The van der Waals surface area contributed by atoms with Gasteiger partial charge in [-0.2, -0.15) is 0 Å². The molecule has 0 saturated carbocycles. The van der Waals surface area contributed by atoms with Gasteiger partial charge in [0.1, 0.15) is 0 Å². The highest BCUT2D eigenvalue weighted by molar-refractivity contribution is 6.42. The Labute approximate surface area is 120 Å². The van der Waals surface area contributed by atoms with E-state index in [1.165, 1.54) is 0 Å². The number of benzene rings is 2. The van der Waals surface area contributed by atoms with Crippen LogP contribution >= 0.6 is 23.2 Å². The number of rotatable bonds is 3. The maximum atomic E-state index is 11.1. The van der Waals surface area contributed by atoms with Crippen LogP contribution < -0.4 is 16.8 Å². The summed E-state index contributed by atoms with van der Waals surface area (Å²) in [5.41, 5.74) is 13.2. The lowest BCUT2D eigenvalue weighted by Crippen LogP contribution is -2.11. The van der Waals surface area contributed by atoms with Gasteiger partial charge >= 0.3 is 0 Å². The normalized spacial score (nSPS) is 10.2. The number of hydrogen-bond donors (Lipinski definition) is 3. The predicted octanol–water partition coefficient (Wildman–Crippen LogP) is 3.42. The van der Waals surface area contributed by atoms with Gasteiger partial charge in [0.2, 0.25) is 5.91 Å². The molecule has 0 radical (unpaired) electrons. The first kappa shape index (κ1) is 13.5. The van der Waals surface area contributed by atoms with Crippen molar-refractivity contribution in [3.63, 3.8) is 0 Å². The Balaban J connectivity index is 2.34. The number of primary amides is 1. The molecule has 0 atom stereocenters. The van der Waals surface area contributed by atoms with Crippen LogP contribution in [0.25, 0.3) is 0 Å². The van der Waals surface area contributed by atoms with E-state index >= 15 is 0 Å². The predicted molar refractivity (Wildman–Crippen MR) is 79.1 cm³/mol. The zero-order chi connectivity index (χ0) is 14.0. The van der Waals surface area contributed by atoms with Crippen molar-refractivity contribution in [2.75, 3.05) is 11.1 Å². The molecule has 1 amide bonds. The number of anilines is 3. The van der Waals surface area contributed by atoms with Gasteiger partial charge in [0.05, 0.1) is 21.4 Å². The van der Waals surface area contributed by atoms with Crippen molar-refractivity contribution in [1.82, 2.24) is 0 Å². The van der Waals surface area contributed by atoms with Gasteiger partial charge in [0.25, 0.3) is 0 Å². The van der Waals surface area contributed by atoms with Gasteiger partial charge in [0, 0.05) is 11.3 Å². The minimum atomic E-state index is -0.516. The van der Waals surface area contributed by atoms with Crippen LogP contribution in [-0.2, 0) is 0 Å². The second kappa shape index (κ2) is 5.38. The monoisotopic (exact) mass is 295 g/mol. The molecule has 0 bridgehead atoms. The Hall–Kier alpha value is -1.91. The Bertz CT molecular complexity index is 644. The lowest BCUT2D eigenvalue weighted by molar-refractivity contribution is 0.100. The average Bonchev–Trinajstić information content (AvgIpc) is 2.36. The highest BCUT2D eigenvalue weighted by Gasteiger charge is 2.06. The lowest BCUT2D eigenvalue weighted by atomic mass is 10.1. The van der Waals surface area contributed by atoms with Gasteiger partial charge in [0.15, 0.2) is 0 Å². The Kier molecular flexibility index (Phi) is 3.83. The van der Waals surface area contributed by atoms with E-state index in [2.05, 4.69) is 5.32 Å².